The van der Waals surface area contributed by atoms with Gasteiger partial charge in [0.1, 0.15) is 0 Å². The van der Waals surface area contributed by atoms with Crippen LogP contribution in [0.2, 0.25) is 0 Å². The van der Waals surface area contributed by atoms with Crippen molar-refractivity contribution in [2.45, 2.75) is 33.6 Å². The van der Waals surface area contributed by atoms with Gasteiger partial charge in [-0.15, -0.1) is 0 Å². The van der Waals surface area contributed by atoms with Gasteiger partial charge in [-0.1, -0.05) is 28.9 Å². The SMILES string of the molecule is Cc1ccc(-n2nc(-c3noc(CCC(=O)N(C)c4ccc(C)c(C)c4)n3)c(=O)n(C)c2=O)cc1. The lowest BCUT2D eigenvalue weighted by molar-refractivity contribution is -0.118. The summed E-state index contributed by atoms with van der Waals surface area (Å²) in [6.07, 6.45) is 0.332. The van der Waals surface area contributed by atoms with Gasteiger partial charge in [0.2, 0.25) is 17.6 Å². The van der Waals surface area contributed by atoms with Gasteiger partial charge in [-0.2, -0.15) is 14.8 Å². The molecule has 0 spiro atoms. The van der Waals surface area contributed by atoms with Crippen molar-refractivity contribution in [3.8, 4) is 17.2 Å². The van der Waals surface area contributed by atoms with Gasteiger partial charge in [0, 0.05) is 32.6 Å². The van der Waals surface area contributed by atoms with E-state index in [1.54, 1.807) is 24.1 Å². The third-order valence-corrected chi connectivity index (χ3v) is 5.94. The fourth-order valence-corrected chi connectivity index (χ4v) is 3.48. The highest BCUT2D eigenvalue weighted by Gasteiger charge is 2.20. The summed E-state index contributed by atoms with van der Waals surface area (Å²) in [5.74, 6) is 0.0326. The highest BCUT2D eigenvalue weighted by molar-refractivity contribution is 5.93. The maximum atomic E-state index is 12.7. The minimum atomic E-state index is -0.642. The first-order chi connectivity index (χ1) is 16.7. The van der Waals surface area contributed by atoms with Crippen molar-refractivity contribution in [3.05, 3.63) is 85.9 Å². The molecule has 0 aliphatic carbocycles. The number of aromatic nitrogens is 5. The third kappa shape index (κ3) is 4.81. The number of nitrogens with zero attached hydrogens (tertiary/aromatic N) is 6. The molecule has 0 atom stereocenters. The van der Waals surface area contributed by atoms with Crippen LogP contribution < -0.4 is 16.1 Å². The molecular formula is C25H26N6O4. The highest BCUT2D eigenvalue weighted by atomic mass is 16.5. The Bertz CT molecular complexity index is 1510. The number of anilines is 1. The minimum Gasteiger partial charge on any atom is -0.339 e. The van der Waals surface area contributed by atoms with Crippen molar-refractivity contribution in [3.63, 3.8) is 0 Å². The first kappa shape index (κ1) is 23.8. The zero-order chi connectivity index (χ0) is 25.3. The molecule has 180 valence electrons. The molecule has 0 N–H and O–H groups in total. The molecule has 2 heterocycles. The van der Waals surface area contributed by atoms with Crippen molar-refractivity contribution in [2.24, 2.45) is 7.05 Å². The Morgan fingerprint density at radius 2 is 1.74 bits per heavy atom. The summed E-state index contributed by atoms with van der Waals surface area (Å²) >= 11 is 0. The summed E-state index contributed by atoms with van der Waals surface area (Å²) in [7, 11) is 3.08. The van der Waals surface area contributed by atoms with Crippen LogP contribution in [0.5, 0.6) is 0 Å². The molecule has 0 bridgehead atoms. The van der Waals surface area contributed by atoms with Gasteiger partial charge in [0.15, 0.2) is 5.69 Å². The van der Waals surface area contributed by atoms with E-state index < -0.39 is 11.2 Å². The lowest BCUT2D eigenvalue weighted by Crippen LogP contribution is -2.40. The van der Waals surface area contributed by atoms with E-state index in [-0.39, 0.29) is 36.2 Å². The Hall–Kier alpha value is -4.34. The molecule has 1 amide bonds. The van der Waals surface area contributed by atoms with Gasteiger partial charge in [-0.25, -0.2) is 4.79 Å². The largest absolute Gasteiger partial charge is 0.351 e. The number of carbonyl (C=O) groups is 1. The number of amides is 1. The van der Waals surface area contributed by atoms with Crippen LogP contribution in [0.15, 0.2) is 56.6 Å². The van der Waals surface area contributed by atoms with Crippen molar-refractivity contribution in [2.75, 3.05) is 11.9 Å². The summed E-state index contributed by atoms with van der Waals surface area (Å²) < 4.78 is 7.33. The van der Waals surface area contributed by atoms with E-state index in [4.69, 9.17) is 4.52 Å². The molecule has 4 aromatic rings. The van der Waals surface area contributed by atoms with E-state index in [1.807, 2.05) is 51.1 Å². The van der Waals surface area contributed by atoms with Crippen LogP contribution in [-0.4, -0.2) is 37.4 Å². The second-order valence-corrected chi connectivity index (χ2v) is 8.48. The Balaban J connectivity index is 1.55. The molecule has 2 aromatic heterocycles. The van der Waals surface area contributed by atoms with Gasteiger partial charge in [0.05, 0.1) is 5.69 Å². The van der Waals surface area contributed by atoms with Crippen LogP contribution >= 0.6 is 0 Å². The summed E-state index contributed by atoms with van der Waals surface area (Å²) in [6.45, 7) is 5.94. The quantitative estimate of drug-likeness (QED) is 0.421. The molecule has 35 heavy (non-hydrogen) atoms. The number of benzene rings is 2. The Morgan fingerprint density at radius 1 is 1.03 bits per heavy atom. The average molecular weight is 475 g/mol. The van der Waals surface area contributed by atoms with E-state index in [2.05, 4.69) is 15.2 Å². The first-order valence-electron chi connectivity index (χ1n) is 11.1. The average Bonchev–Trinajstić information content (AvgIpc) is 3.32. The van der Waals surface area contributed by atoms with Crippen LogP contribution in [-0.2, 0) is 18.3 Å². The molecule has 10 heteroatoms. The normalized spacial score (nSPS) is 11.0. The third-order valence-electron chi connectivity index (χ3n) is 5.94. The second-order valence-electron chi connectivity index (χ2n) is 8.48. The zero-order valence-corrected chi connectivity index (χ0v) is 20.3. The molecule has 4 rings (SSSR count). The molecule has 0 saturated heterocycles. The van der Waals surface area contributed by atoms with Crippen LogP contribution in [0.4, 0.5) is 5.69 Å². The minimum absolute atomic E-state index is 0.0450. The lowest BCUT2D eigenvalue weighted by Gasteiger charge is -2.18. The Morgan fingerprint density at radius 3 is 2.43 bits per heavy atom. The van der Waals surface area contributed by atoms with Gasteiger partial charge in [0.25, 0.3) is 5.56 Å². The van der Waals surface area contributed by atoms with E-state index in [0.29, 0.717) is 5.69 Å². The summed E-state index contributed by atoms with van der Waals surface area (Å²) in [6, 6.07) is 13.0. The van der Waals surface area contributed by atoms with Crippen molar-refractivity contribution >= 4 is 11.6 Å². The van der Waals surface area contributed by atoms with Crippen LogP contribution in [0.3, 0.4) is 0 Å². The number of hydrogen-bond donors (Lipinski definition) is 0. The number of rotatable bonds is 6. The molecule has 10 nitrogen and oxygen atoms in total. The maximum absolute atomic E-state index is 12.7. The van der Waals surface area contributed by atoms with E-state index in [0.717, 1.165) is 31.6 Å². The second kappa shape index (κ2) is 9.49. The van der Waals surface area contributed by atoms with E-state index >= 15 is 0 Å². The predicted molar refractivity (Wildman–Crippen MR) is 131 cm³/mol. The van der Waals surface area contributed by atoms with Gasteiger partial charge < -0.3 is 9.42 Å². The molecule has 0 saturated carbocycles. The zero-order valence-electron chi connectivity index (χ0n) is 20.3. The van der Waals surface area contributed by atoms with Crippen LogP contribution in [0.1, 0.15) is 29.0 Å². The van der Waals surface area contributed by atoms with E-state index in [9.17, 15) is 14.4 Å². The van der Waals surface area contributed by atoms with Crippen LogP contribution in [0.25, 0.3) is 17.2 Å². The standard InChI is InChI=1S/C25H26N6O4/c1-15-6-9-18(10-7-15)31-25(34)30(5)24(33)22(27-31)23-26-20(35-28-23)12-13-21(32)29(4)19-11-8-16(2)17(3)14-19/h6-11,14H,12-13H2,1-5H3. The number of carbonyl (C=O) groups excluding carboxylic acids is 1. The molecule has 0 radical (unpaired) electrons. The maximum Gasteiger partial charge on any atom is 0.351 e. The molecule has 0 aliphatic heterocycles. The molecule has 0 aliphatic rings. The number of aryl methyl sites for hydroxylation is 4. The molecule has 2 aromatic carbocycles. The van der Waals surface area contributed by atoms with E-state index in [1.165, 1.54) is 7.05 Å². The lowest BCUT2D eigenvalue weighted by atomic mass is 10.1. The van der Waals surface area contributed by atoms with Crippen molar-refractivity contribution < 1.29 is 9.32 Å². The molecule has 0 unspecified atom stereocenters. The summed E-state index contributed by atoms with van der Waals surface area (Å²) in [5.41, 5.74) is 3.22. The molecular weight excluding hydrogens is 448 g/mol. The molecule has 0 fully saturated rings. The van der Waals surface area contributed by atoms with Crippen molar-refractivity contribution in [1.29, 1.82) is 0 Å². The Kier molecular flexibility index (Phi) is 6.46. The predicted octanol–water partition coefficient (Wildman–Crippen LogP) is 2.50. The summed E-state index contributed by atoms with van der Waals surface area (Å²) in [4.78, 5) is 43.8. The van der Waals surface area contributed by atoms with Gasteiger partial charge in [-0.3, -0.25) is 14.2 Å². The summed E-state index contributed by atoms with van der Waals surface area (Å²) in [5, 5.41) is 8.07. The fraction of sp³-hybridized carbons (Fsp3) is 0.280. The topological polar surface area (TPSA) is 116 Å². The smallest absolute Gasteiger partial charge is 0.339 e. The Labute approximate surface area is 201 Å². The van der Waals surface area contributed by atoms with Crippen LogP contribution in [0, 0.1) is 20.8 Å². The fourth-order valence-electron chi connectivity index (χ4n) is 3.48. The highest BCUT2D eigenvalue weighted by Crippen LogP contribution is 2.19. The van der Waals surface area contributed by atoms with Gasteiger partial charge >= 0.3 is 5.69 Å². The number of hydrogen-bond acceptors (Lipinski definition) is 7. The van der Waals surface area contributed by atoms with Gasteiger partial charge in [-0.05, 0) is 56.2 Å². The first-order valence-corrected chi connectivity index (χ1v) is 11.1. The van der Waals surface area contributed by atoms with Crippen molar-refractivity contribution in [1.82, 2.24) is 24.5 Å². The monoisotopic (exact) mass is 474 g/mol.